The number of rotatable bonds is 6. The number of amides is 1. The molecule has 0 aromatic heterocycles. The molecule has 5 nitrogen and oxygen atoms in total. The van der Waals surface area contributed by atoms with Crippen LogP contribution in [-0.2, 0) is 4.79 Å². The molecule has 138 valence electrons. The maximum absolute atomic E-state index is 12.0. The Hall–Kier alpha value is -2.38. The first-order chi connectivity index (χ1) is 13.1. The first-order valence-electron chi connectivity index (χ1n) is 8.04. The Balaban J connectivity index is 1.60. The molecule has 0 aliphatic rings. The zero-order valence-electron chi connectivity index (χ0n) is 14.4. The van der Waals surface area contributed by atoms with E-state index in [4.69, 9.17) is 9.47 Å². The Labute approximate surface area is 173 Å². The van der Waals surface area contributed by atoms with Crippen LogP contribution < -0.4 is 14.9 Å². The lowest BCUT2D eigenvalue weighted by atomic mass is 10.1. The molecule has 0 aliphatic heterocycles. The van der Waals surface area contributed by atoms with Crippen LogP contribution in [0.25, 0.3) is 10.8 Å². The fraction of sp³-hybridized carbons (Fsp3) is 0.100. The molecule has 0 saturated heterocycles. The molecule has 0 saturated carbocycles. The lowest BCUT2D eigenvalue weighted by Crippen LogP contribution is -2.24. The molecular formula is C20H16Br2N2O3. The van der Waals surface area contributed by atoms with Crippen molar-refractivity contribution in [1.29, 1.82) is 0 Å². The molecule has 7 heteroatoms. The zero-order valence-corrected chi connectivity index (χ0v) is 17.6. The molecule has 0 bridgehead atoms. The van der Waals surface area contributed by atoms with E-state index in [2.05, 4.69) is 42.4 Å². The third-order valence-electron chi connectivity index (χ3n) is 3.78. The van der Waals surface area contributed by atoms with Gasteiger partial charge in [-0.2, -0.15) is 5.10 Å². The van der Waals surface area contributed by atoms with E-state index in [1.807, 2.05) is 54.6 Å². The highest BCUT2D eigenvalue weighted by Crippen LogP contribution is 2.32. The van der Waals surface area contributed by atoms with Crippen LogP contribution in [0.4, 0.5) is 0 Å². The number of hydrogen-bond acceptors (Lipinski definition) is 4. The second-order valence-corrected chi connectivity index (χ2v) is 7.22. The number of ether oxygens (including phenoxy) is 2. The largest absolute Gasteiger partial charge is 0.497 e. The molecule has 0 unspecified atom stereocenters. The van der Waals surface area contributed by atoms with Crippen molar-refractivity contribution in [2.75, 3.05) is 13.7 Å². The predicted octanol–water partition coefficient (Wildman–Crippen LogP) is 4.90. The van der Waals surface area contributed by atoms with Crippen molar-refractivity contribution in [2.45, 2.75) is 0 Å². The summed E-state index contributed by atoms with van der Waals surface area (Å²) in [5.41, 5.74) is 3.24. The second kappa shape index (κ2) is 9.01. The van der Waals surface area contributed by atoms with Gasteiger partial charge in [0, 0.05) is 10.0 Å². The van der Waals surface area contributed by atoms with Crippen LogP contribution in [0.5, 0.6) is 11.5 Å². The van der Waals surface area contributed by atoms with Crippen molar-refractivity contribution in [2.24, 2.45) is 5.10 Å². The number of carbonyl (C=O) groups is 1. The maximum atomic E-state index is 12.0. The Kier molecular flexibility index (Phi) is 6.47. The summed E-state index contributed by atoms with van der Waals surface area (Å²) in [4.78, 5) is 12.0. The minimum absolute atomic E-state index is 0.145. The number of hydrogen-bond donors (Lipinski definition) is 1. The standard InChI is InChI=1S/C20H16Br2N2O3/c1-26-15-7-8-17(21)14(10-15)11-23-24-19(25)12-27-18-9-6-13-4-2-3-5-16(13)20(18)22/h2-11H,12H2,1H3,(H,24,25)/b23-11-. The molecule has 0 atom stereocenters. The van der Waals surface area contributed by atoms with Gasteiger partial charge in [-0.3, -0.25) is 4.79 Å². The number of nitrogens with zero attached hydrogens (tertiary/aromatic N) is 1. The van der Waals surface area contributed by atoms with Crippen LogP contribution in [0.1, 0.15) is 5.56 Å². The van der Waals surface area contributed by atoms with E-state index in [0.29, 0.717) is 11.5 Å². The number of halogens is 2. The topological polar surface area (TPSA) is 59.9 Å². The van der Waals surface area contributed by atoms with Gasteiger partial charge in [0.05, 0.1) is 17.8 Å². The molecule has 27 heavy (non-hydrogen) atoms. The fourth-order valence-electron chi connectivity index (χ4n) is 2.42. The maximum Gasteiger partial charge on any atom is 0.277 e. The van der Waals surface area contributed by atoms with Gasteiger partial charge < -0.3 is 9.47 Å². The smallest absolute Gasteiger partial charge is 0.277 e. The van der Waals surface area contributed by atoms with Gasteiger partial charge >= 0.3 is 0 Å². The molecule has 0 heterocycles. The van der Waals surface area contributed by atoms with Gasteiger partial charge in [0.2, 0.25) is 0 Å². The predicted molar refractivity (Wildman–Crippen MR) is 114 cm³/mol. The first-order valence-corrected chi connectivity index (χ1v) is 9.62. The lowest BCUT2D eigenvalue weighted by Gasteiger charge is -2.09. The van der Waals surface area contributed by atoms with Gasteiger partial charge in [0.1, 0.15) is 11.5 Å². The molecule has 1 amide bonds. The summed E-state index contributed by atoms with van der Waals surface area (Å²) in [5, 5.41) is 6.08. The Morgan fingerprint density at radius 1 is 1.15 bits per heavy atom. The van der Waals surface area contributed by atoms with Gasteiger partial charge in [-0.25, -0.2) is 5.43 Å². The quantitative estimate of drug-likeness (QED) is 0.394. The van der Waals surface area contributed by atoms with Crippen LogP contribution >= 0.6 is 31.9 Å². The summed E-state index contributed by atoms with van der Waals surface area (Å²) in [6.07, 6.45) is 1.54. The summed E-state index contributed by atoms with van der Waals surface area (Å²) in [7, 11) is 1.59. The van der Waals surface area contributed by atoms with Crippen LogP contribution in [0, 0.1) is 0 Å². The Bertz CT molecular complexity index is 1010. The summed E-state index contributed by atoms with van der Waals surface area (Å²) < 4.78 is 12.4. The normalized spacial score (nSPS) is 10.9. The molecule has 0 spiro atoms. The Morgan fingerprint density at radius 3 is 2.78 bits per heavy atom. The van der Waals surface area contributed by atoms with E-state index in [0.717, 1.165) is 25.3 Å². The third kappa shape index (κ3) is 4.87. The molecule has 3 aromatic rings. The van der Waals surface area contributed by atoms with Gasteiger partial charge in [-0.05, 0) is 51.0 Å². The minimum atomic E-state index is -0.356. The summed E-state index contributed by atoms with van der Waals surface area (Å²) in [6, 6.07) is 17.2. The van der Waals surface area contributed by atoms with E-state index in [1.165, 1.54) is 6.21 Å². The number of benzene rings is 3. The first kappa shape index (κ1) is 19.4. The van der Waals surface area contributed by atoms with Gasteiger partial charge in [-0.1, -0.05) is 46.3 Å². The van der Waals surface area contributed by atoms with E-state index in [-0.39, 0.29) is 12.5 Å². The van der Waals surface area contributed by atoms with Crippen molar-refractivity contribution in [3.8, 4) is 11.5 Å². The highest BCUT2D eigenvalue weighted by molar-refractivity contribution is 9.11. The van der Waals surface area contributed by atoms with Crippen molar-refractivity contribution >= 4 is 54.8 Å². The number of methoxy groups -OCH3 is 1. The molecule has 1 N–H and O–H groups in total. The molecule has 0 radical (unpaired) electrons. The average Bonchev–Trinajstić information content (AvgIpc) is 2.69. The van der Waals surface area contributed by atoms with Gasteiger partial charge in [0.25, 0.3) is 5.91 Å². The highest BCUT2D eigenvalue weighted by Gasteiger charge is 2.08. The van der Waals surface area contributed by atoms with Crippen LogP contribution in [0.15, 0.2) is 68.6 Å². The Morgan fingerprint density at radius 2 is 1.96 bits per heavy atom. The monoisotopic (exact) mass is 490 g/mol. The van der Waals surface area contributed by atoms with E-state index in [1.54, 1.807) is 7.11 Å². The van der Waals surface area contributed by atoms with Crippen LogP contribution in [-0.4, -0.2) is 25.8 Å². The molecule has 3 aromatic carbocycles. The van der Waals surface area contributed by atoms with Gasteiger partial charge in [-0.15, -0.1) is 0 Å². The molecule has 3 rings (SSSR count). The van der Waals surface area contributed by atoms with Crippen LogP contribution in [0.3, 0.4) is 0 Å². The van der Waals surface area contributed by atoms with Crippen molar-refractivity contribution in [3.05, 3.63) is 69.1 Å². The number of carbonyl (C=O) groups excluding carboxylic acids is 1. The average molecular weight is 492 g/mol. The SMILES string of the molecule is COc1ccc(Br)c(/C=N\NC(=O)COc2ccc3ccccc3c2Br)c1. The number of hydrazone groups is 1. The zero-order chi connectivity index (χ0) is 19.2. The van der Waals surface area contributed by atoms with E-state index >= 15 is 0 Å². The second-order valence-electron chi connectivity index (χ2n) is 5.57. The molecular weight excluding hydrogens is 476 g/mol. The van der Waals surface area contributed by atoms with Crippen molar-refractivity contribution in [3.63, 3.8) is 0 Å². The van der Waals surface area contributed by atoms with Crippen molar-refractivity contribution < 1.29 is 14.3 Å². The number of nitrogens with one attached hydrogen (secondary N) is 1. The minimum Gasteiger partial charge on any atom is -0.497 e. The van der Waals surface area contributed by atoms with Gasteiger partial charge in [0.15, 0.2) is 6.61 Å². The van der Waals surface area contributed by atoms with Crippen molar-refractivity contribution in [1.82, 2.24) is 5.43 Å². The van der Waals surface area contributed by atoms with E-state index < -0.39 is 0 Å². The van der Waals surface area contributed by atoms with Crippen LogP contribution in [0.2, 0.25) is 0 Å². The molecule has 0 fully saturated rings. The highest BCUT2D eigenvalue weighted by atomic mass is 79.9. The number of fused-ring (bicyclic) bond motifs is 1. The fourth-order valence-corrected chi connectivity index (χ4v) is 3.38. The third-order valence-corrected chi connectivity index (χ3v) is 5.32. The summed E-state index contributed by atoms with van der Waals surface area (Å²) >= 11 is 6.96. The summed E-state index contributed by atoms with van der Waals surface area (Å²) in [5.74, 6) is 0.948. The lowest BCUT2D eigenvalue weighted by molar-refractivity contribution is -0.123. The van der Waals surface area contributed by atoms with E-state index in [9.17, 15) is 4.79 Å². The molecule has 0 aliphatic carbocycles. The summed E-state index contributed by atoms with van der Waals surface area (Å²) in [6.45, 7) is -0.145.